The van der Waals surface area contributed by atoms with Crippen molar-refractivity contribution >= 4 is 11.5 Å². The zero-order chi connectivity index (χ0) is 13.8. The van der Waals surface area contributed by atoms with Crippen LogP contribution >= 0.6 is 0 Å². The summed E-state index contributed by atoms with van der Waals surface area (Å²) in [6, 6.07) is 14.2. The monoisotopic (exact) mass is 268 g/mol. The molecule has 0 radical (unpaired) electrons. The minimum atomic E-state index is 0.461. The van der Waals surface area contributed by atoms with Gasteiger partial charge in [0, 0.05) is 12.5 Å². The van der Waals surface area contributed by atoms with Gasteiger partial charge in [-0.05, 0) is 34.5 Å². The molecular formula is C14H16N6. The Morgan fingerprint density at radius 3 is 2.80 bits per heavy atom. The molecule has 3 aromatic rings. The fourth-order valence-corrected chi connectivity index (χ4v) is 2.19. The first-order chi connectivity index (χ1) is 9.86. The van der Waals surface area contributed by atoms with Gasteiger partial charge in [-0.15, -0.1) is 14.8 Å². The second-order valence-corrected chi connectivity index (χ2v) is 4.64. The van der Waals surface area contributed by atoms with Gasteiger partial charge < -0.3 is 5.32 Å². The second kappa shape index (κ2) is 5.64. The van der Waals surface area contributed by atoms with Crippen LogP contribution in [0.5, 0.6) is 0 Å². The van der Waals surface area contributed by atoms with E-state index in [1.165, 1.54) is 10.2 Å². The Morgan fingerprint density at radius 2 is 2.00 bits per heavy atom. The van der Waals surface area contributed by atoms with Crippen molar-refractivity contribution in [1.82, 2.24) is 25.3 Å². The molecule has 0 saturated heterocycles. The second-order valence-electron chi connectivity index (χ2n) is 4.64. The number of anilines is 1. The molecule has 2 heterocycles. The Bertz CT molecular complexity index is 678. The lowest BCUT2D eigenvalue weighted by Gasteiger charge is -2.16. The fourth-order valence-electron chi connectivity index (χ4n) is 2.19. The van der Waals surface area contributed by atoms with Gasteiger partial charge in [0.1, 0.15) is 5.82 Å². The smallest absolute Gasteiger partial charge is 0.200 e. The van der Waals surface area contributed by atoms with E-state index in [0.29, 0.717) is 11.6 Å². The van der Waals surface area contributed by atoms with Crippen LogP contribution in [-0.4, -0.2) is 31.8 Å². The van der Waals surface area contributed by atoms with E-state index in [-0.39, 0.29) is 0 Å². The zero-order valence-electron chi connectivity index (χ0n) is 11.3. The van der Waals surface area contributed by atoms with Gasteiger partial charge in [0.15, 0.2) is 5.65 Å². The molecule has 1 atom stereocenters. The van der Waals surface area contributed by atoms with E-state index >= 15 is 0 Å². The molecule has 0 aliphatic rings. The lowest BCUT2D eigenvalue weighted by molar-refractivity contribution is 0.685. The van der Waals surface area contributed by atoms with Gasteiger partial charge in [-0.1, -0.05) is 37.3 Å². The third-order valence-electron chi connectivity index (χ3n) is 3.36. The van der Waals surface area contributed by atoms with E-state index in [4.69, 9.17) is 0 Å². The van der Waals surface area contributed by atoms with Crippen molar-refractivity contribution in [3.63, 3.8) is 0 Å². The van der Waals surface area contributed by atoms with Gasteiger partial charge in [-0.2, -0.15) is 0 Å². The quantitative estimate of drug-likeness (QED) is 0.767. The Hall–Kier alpha value is -2.50. The van der Waals surface area contributed by atoms with Crippen LogP contribution < -0.4 is 5.32 Å². The summed E-state index contributed by atoms with van der Waals surface area (Å²) in [5, 5.41) is 18.8. The summed E-state index contributed by atoms with van der Waals surface area (Å²) in [5.74, 6) is 1.24. The van der Waals surface area contributed by atoms with E-state index in [1.54, 1.807) is 0 Å². The van der Waals surface area contributed by atoms with E-state index in [2.05, 4.69) is 57.1 Å². The summed E-state index contributed by atoms with van der Waals surface area (Å²) in [6.07, 6.45) is 1.07. The van der Waals surface area contributed by atoms with E-state index in [9.17, 15) is 0 Å². The average molecular weight is 268 g/mol. The molecule has 3 rings (SSSR count). The number of aromatic nitrogens is 5. The van der Waals surface area contributed by atoms with Crippen LogP contribution in [0.15, 0.2) is 42.5 Å². The Morgan fingerprint density at radius 1 is 1.15 bits per heavy atom. The molecule has 0 aliphatic carbocycles. The molecule has 0 fully saturated rings. The Balaban J connectivity index is 1.71. The van der Waals surface area contributed by atoms with Crippen LogP contribution in [0, 0.1) is 0 Å². The van der Waals surface area contributed by atoms with E-state index in [1.807, 2.05) is 18.2 Å². The maximum absolute atomic E-state index is 4.30. The maximum Gasteiger partial charge on any atom is 0.200 e. The lowest BCUT2D eigenvalue weighted by atomic mass is 9.96. The number of fused-ring (bicyclic) bond motifs is 1. The highest BCUT2D eigenvalue weighted by atomic mass is 15.6. The van der Waals surface area contributed by atoms with E-state index in [0.717, 1.165) is 18.8 Å². The highest BCUT2D eigenvalue weighted by Crippen LogP contribution is 2.19. The topological polar surface area (TPSA) is 68.0 Å². The standard InChI is InChI=1S/C14H16N6/c1-2-11(12-6-4-3-5-7-12)10-15-13-8-9-14-16-18-19-20(14)17-13/h3-9,11H,2,10H2,1H3,(H,15,17). The number of hydrogen-bond acceptors (Lipinski definition) is 5. The third-order valence-corrected chi connectivity index (χ3v) is 3.36. The molecule has 2 aromatic heterocycles. The van der Waals surface area contributed by atoms with Gasteiger partial charge in [0.2, 0.25) is 0 Å². The van der Waals surface area contributed by atoms with Crippen LogP contribution in [0.2, 0.25) is 0 Å². The molecule has 0 spiro atoms. The minimum Gasteiger partial charge on any atom is -0.368 e. The predicted molar refractivity (Wildman–Crippen MR) is 76.5 cm³/mol. The van der Waals surface area contributed by atoms with Crippen LogP contribution in [0.1, 0.15) is 24.8 Å². The molecular weight excluding hydrogens is 252 g/mol. The molecule has 0 aliphatic heterocycles. The van der Waals surface area contributed by atoms with Gasteiger partial charge >= 0.3 is 0 Å². The molecule has 1 unspecified atom stereocenters. The summed E-state index contributed by atoms with van der Waals surface area (Å²) in [6.45, 7) is 3.03. The minimum absolute atomic E-state index is 0.461. The van der Waals surface area contributed by atoms with Crippen molar-refractivity contribution in [1.29, 1.82) is 0 Å². The summed E-state index contributed by atoms with van der Waals surface area (Å²) < 4.78 is 1.42. The van der Waals surface area contributed by atoms with Crippen molar-refractivity contribution in [2.45, 2.75) is 19.3 Å². The molecule has 0 amide bonds. The normalized spacial score (nSPS) is 12.4. The first-order valence-electron chi connectivity index (χ1n) is 6.71. The first kappa shape index (κ1) is 12.5. The number of nitrogens with one attached hydrogen (secondary N) is 1. The zero-order valence-corrected chi connectivity index (χ0v) is 11.3. The molecule has 102 valence electrons. The van der Waals surface area contributed by atoms with Crippen molar-refractivity contribution in [2.75, 3.05) is 11.9 Å². The fraction of sp³-hybridized carbons (Fsp3) is 0.286. The number of benzene rings is 1. The van der Waals surface area contributed by atoms with E-state index < -0.39 is 0 Å². The molecule has 6 nitrogen and oxygen atoms in total. The van der Waals surface area contributed by atoms with Crippen LogP contribution in [0.4, 0.5) is 5.82 Å². The van der Waals surface area contributed by atoms with Crippen molar-refractivity contribution < 1.29 is 0 Å². The van der Waals surface area contributed by atoms with Crippen molar-refractivity contribution in [3.05, 3.63) is 48.0 Å². The number of rotatable bonds is 5. The third kappa shape index (κ3) is 2.59. The largest absolute Gasteiger partial charge is 0.368 e. The highest BCUT2D eigenvalue weighted by Gasteiger charge is 2.09. The highest BCUT2D eigenvalue weighted by molar-refractivity contribution is 5.42. The molecule has 20 heavy (non-hydrogen) atoms. The molecule has 1 aromatic carbocycles. The molecule has 6 heteroatoms. The Kier molecular flexibility index (Phi) is 3.54. The van der Waals surface area contributed by atoms with Crippen LogP contribution in [0.25, 0.3) is 5.65 Å². The Labute approximate surface area is 116 Å². The molecule has 1 N–H and O–H groups in total. The summed E-state index contributed by atoms with van der Waals surface area (Å²) >= 11 is 0. The first-order valence-corrected chi connectivity index (χ1v) is 6.71. The van der Waals surface area contributed by atoms with Crippen molar-refractivity contribution in [3.8, 4) is 0 Å². The molecule has 0 saturated carbocycles. The number of nitrogens with zero attached hydrogens (tertiary/aromatic N) is 5. The summed E-state index contributed by atoms with van der Waals surface area (Å²) in [5.41, 5.74) is 1.98. The van der Waals surface area contributed by atoms with Gasteiger partial charge in [0.25, 0.3) is 0 Å². The van der Waals surface area contributed by atoms with Gasteiger partial charge in [-0.3, -0.25) is 0 Å². The van der Waals surface area contributed by atoms with Crippen LogP contribution in [0.3, 0.4) is 0 Å². The van der Waals surface area contributed by atoms with Crippen molar-refractivity contribution in [2.24, 2.45) is 0 Å². The maximum atomic E-state index is 4.30. The summed E-state index contributed by atoms with van der Waals surface area (Å²) in [7, 11) is 0. The van der Waals surface area contributed by atoms with Gasteiger partial charge in [-0.25, -0.2) is 0 Å². The van der Waals surface area contributed by atoms with Crippen LogP contribution in [-0.2, 0) is 0 Å². The molecule has 0 bridgehead atoms. The summed E-state index contributed by atoms with van der Waals surface area (Å²) in [4.78, 5) is 0. The lowest BCUT2D eigenvalue weighted by Crippen LogP contribution is -2.13. The number of hydrogen-bond donors (Lipinski definition) is 1. The predicted octanol–water partition coefficient (Wildman–Crippen LogP) is 2.12. The van der Waals surface area contributed by atoms with Gasteiger partial charge in [0.05, 0.1) is 0 Å². The SMILES string of the molecule is CCC(CNc1ccc2nnnn2n1)c1ccccc1. The number of tetrazole rings is 1. The average Bonchev–Trinajstić information content (AvgIpc) is 2.96.